The van der Waals surface area contributed by atoms with E-state index in [-0.39, 0.29) is 5.91 Å². The van der Waals surface area contributed by atoms with Gasteiger partial charge < -0.3 is 15.8 Å². The first kappa shape index (κ1) is 20.1. The fraction of sp³-hybridized carbons (Fsp3) is 0.143. The van der Waals surface area contributed by atoms with E-state index in [1.165, 1.54) is 11.3 Å². The van der Waals surface area contributed by atoms with Gasteiger partial charge in [0.2, 0.25) is 0 Å². The van der Waals surface area contributed by atoms with E-state index in [9.17, 15) is 9.59 Å². The number of ether oxygens (including phenoxy) is 1. The van der Waals surface area contributed by atoms with Gasteiger partial charge >= 0.3 is 0 Å². The predicted molar refractivity (Wildman–Crippen MR) is 116 cm³/mol. The number of carbonyl (C=O) groups excluding carboxylic acids is 2. The molecule has 1 atom stereocenters. The van der Waals surface area contributed by atoms with E-state index < -0.39 is 12.0 Å². The third-order valence-corrected chi connectivity index (χ3v) is 5.67. The second-order valence-corrected chi connectivity index (χ2v) is 8.31. The molecule has 0 bridgehead atoms. The van der Waals surface area contributed by atoms with Crippen molar-refractivity contribution in [2.24, 2.45) is 5.73 Å². The lowest BCUT2D eigenvalue weighted by Gasteiger charge is -2.14. The van der Waals surface area contributed by atoms with Gasteiger partial charge in [0.05, 0.1) is 5.56 Å². The zero-order chi connectivity index (χ0) is 20.3. The number of rotatable bonds is 6. The van der Waals surface area contributed by atoms with Crippen LogP contribution in [0.3, 0.4) is 0 Å². The summed E-state index contributed by atoms with van der Waals surface area (Å²) in [6.07, 6.45) is -0.746. The van der Waals surface area contributed by atoms with Crippen molar-refractivity contribution < 1.29 is 14.3 Å². The Morgan fingerprint density at radius 3 is 2.36 bits per heavy atom. The minimum atomic E-state index is -0.746. The Hall–Kier alpha value is -2.64. The summed E-state index contributed by atoms with van der Waals surface area (Å²) in [5.41, 5.74) is 7.58. The summed E-state index contributed by atoms with van der Waals surface area (Å²) in [4.78, 5) is 25.7. The van der Waals surface area contributed by atoms with Crippen LogP contribution in [0.5, 0.6) is 5.75 Å². The van der Waals surface area contributed by atoms with Gasteiger partial charge in [0.15, 0.2) is 6.10 Å². The van der Waals surface area contributed by atoms with Crippen LogP contribution in [-0.4, -0.2) is 17.9 Å². The number of anilines is 1. The van der Waals surface area contributed by atoms with Crippen LogP contribution in [-0.2, 0) is 4.79 Å². The SMILES string of the molecule is Cc1sc(NC(=O)C(C)Oc2ccc(Br)cc2)c(C(N)=O)c1-c1ccccc1. The molecule has 0 radical (unpaired) electrons. The summed E-state index contributed by atoms with van der Waals surface area (Å²) in [6, 6.07) is 16.7. The first-order valence-electron chi connectivity index (χ1n) is 8.58. The van der Waals surface area contributed by atoms with Crippen molar-refractivity contribution in [3.8, 4) is 16.9 Å². The van der Waals surface area contributed by atoms with Crippen molar-refractivity contribution in [2.75, 3.05) is 5.32 Å². The highest BCUT2D eigenvalue weighted by atomic mass is 79.9. The normalized spacial score (nSPS) is 11.7. The van der Waals surface area contributed by atoms with Crippen molar-refractivity contribution in [1.29, 1.82) is 0 Å². The van der Waals surface area contributed by atoms with Crippen LogP contribution in [0.4, 0.5) is 5.00 Å². The molecule has 1 unspecified atom stereocenters. The number of nitrogens with two attached hydrogens (primary N) is 1. The van der Waals surface area contributed by atoms with Gasteiger partial charge in [0, 0.05) is 14.9 Å². The van der Waals surface area contributed by atoms with Gasteiger partial charge in [-0.15, -0.1) is 11.3 Å². The van der Waals surface area contributed by atoms with Crippen molar-refractivity contribution in [3.63, 3.8) is 0 Å². The van der Waals surface area contributed by atoms with Crippen molar-refractivity contribution in [3.05, 3.63) is 69.5 Å². The molecule has 3 rings (SSSR count). The van der Waals surface area contributed by atoms with E-state index in [1.54, 1.807) is 19.1 Å². The van der Waals surface area contributed by atoms with Crippen LogP contribution in [0.15, 0.2) is 59.1 Å². The van der Waals surface area contributed by atoms with E-state index >= 15 is 0 Å². The Morgan fingerprint density at radius 1 is 1.11 bits per heavy atom. The first-order valence-corrected chi connectivity index (χ1v) is 10.2. The standard InChI is InChI=1S/C21H19BrN2O3S/c1-12(27-16-10-8-15(22)9-11-16)20(26)24-21-18(19(23)25)17(13(2)28-21)14-6-4-3-5-7-14/h3-12H,1-2H3,(H2,23,25)(H,24,26). The predicted octanol–water partition coefficient (Wildman–Crippen LogP) is 4.99. The molecule has 0 saturated carbocycles. The summed E-state index contributed by atoms with van der Waals surface area (Å²) in [5.74, 6) is -0.362. The molecule has 7 heteroatoms. The quantitative estimate of drug-likeness (QED) is 0.545. The van der Waals surface area contributed by atoms with Gasteiger partial charge in [-0.05, 0) is 43.7 Å². The Bertz CT molecular complexity index is 1000. The molecular weight excluding hydrogens is 440 g/mol. The van der Waals surface area contributed by atoms with Gasteiger partial charge in [0.25, 0.3) is 11.8 Å². The Labute approximate surface area is 175 Å². The van der Waals surface area contributed by atoms with E-state index in [0.29, 0.717) is 16.3 Å². The van der Waals surface area contributed by atoms with Crippen molar-refractivity contribution in [1.82, 2.24) is 0 Å². The van der Waals surface area contributed by atoms with Gasteiger partial charge in [-0.1, -0.05) is 46.3 Å². The molecular formula is C21H19BrN2O3S. The fourth-order valence-corrected chi connectivity index (χ4v) is 4.15. The number of primary amides is 1. The summed E-state index contributed by atoms with van der Waals surface area (Å²) in [6.45, 7) is 3.55. The molecule has 1 heterocycles. The van der Waals surface area contributed by atoms with E-state index in [2.05, 4.69) is 21.2 Å². The highest BCUT2D eigenvalue weighted by molar-refractivity contribution is 9.10. The molecule has 3 N–H and O–H groups in total. The van der Waals surface area contributed by atoms with Crippen LogP contribution < -0.4 is 15.8 Å². The van der Waals surface area contributed by atoms with Crippen LogP contribution in [0, 0.1) is 6.92 Å². The maximum Gasteiger partial charge on any atom is 0.265 e. The third-order valence-electron chi connectivity index (χ3n) is 4.13. The summed E-state index contributed by atoms with van der Waals surface area (Å²) in [7, 11) is 0. The highest BCUT2D eigenvalue weighted by Gasteiger charge is 2.24. The number of carbonyl (C=O) groups is 2. The summed E-state index contributed by atoms with van der Waals surface area (Å²) in [5, 5.41) is 3.23. The van der Waals surface area contributed by atoms with Crippen molar-refractivity contribution in [2.45, 2.75) is 20.0 Å². The molecule has 0 aliphatic carbocycles. The third kappa shape index (κ3) is 4.43. The topological polar surface area (TPSA) is 81.4 Å². The molecule has 0 fully saturated rings. The van der Waals surface area contributed by atoms with Crippen LogP contribution in [0.2, 0.25) is 0 Å². The summed E-state index contributed by atoms with van der Waals surface area (Å²) >= 11 is 4.68. The number of aryl methyl sites for hydroxylation is 1. The molecule has 0 saturated heterocycles. The van der Waals surface area contributed by atoms with Crippen LogP contribution in [0.1, 0.15) is 22.2 Å². The summed E-state index contributed by atoms with van der Waals surface area (Å²) < 4.78 is 6.60. The smallest absolute Gasteiger partial charge is 0.265 e. The minimum absolute atomic E-state index is 0.317. The lowest BCUT2D eigenvalue weighted by Crippen LogP contribution is -2.30. The van der Waals surface area contributed by atoms with Gasteiger partial charge in [0.1, 0.15) is 10.8 Å². The van der Waals surface area contributed by atoms with E-state index in [0.717, 1.165) is 20.5 Å². The first-order chi connectivity index (χ1) is 13.4. The van der Waals surface area contributed by atoms with E-state index in [4.69, 9.17) is 10.5 Å². The molecule has 3 aromatic rings. The Kier molecular flexibility index (Phi) is 6.16. The van der Waals surface area contributed by atoms with Crippen molar-refractivity contribution >= 4 is 44.1 Å². The number of benzene rings is 2. The Morgan fingerprint density at radius 2 is 1.75 bits per heavy atom. The molecule has 144 valence electrons. The minimum Gasteiger partial charge on any atom is -0.481 e. The number of hydrogen-bond acceptors (Lipinski definition) is 4. The van der Waals surface area contributed by atoms with Crippen LogP contribution in [0.25, 0.3) is 11.1 Å². The molecule has 0 spiro atoms. The Balaban J connectivity index is 1.84. The van der Waals surface area contributed by atoms with Gasteiger partial charge in [-0.2, -0.15) is 0 Å². The molecule has 0 aliphatic heterocycles. The zero-order valence-corrected chi connectivity index (χ0v) is 17.8. The average molecular weight is 459 g/mol. The number of hydrogen-bond donors (Lipinski definition) is 2. The lowest BCUT2D eigenvalue weighted by molar-refractivity contribution is -0.122. The number of nitrogens with one attached hydrogen (secondary N) is 1. The van der Waals surface area contributed by atoms with E-state index in [1.807, 2.05) is 49.4 Å². The fourth-order valence-electron chi connectivity index (χ4n) is 2.80. The number of halogens is 1. The maximum atomic E-state index is 12.6. The molecule has 28 heavy (non-hydrogen) atoms. The number of amides is 2. The zero-order valence-electron chi connectivity index (χ0n) is 15.4. The molecule has 0 aliphatic rings. The van der Waals surface area contributed by atoms with Crippen LogP contribution >= 0.6 is 27.3 Å². The highest BCUT2D eigenvalue weighted by Crippen LogP contribution is 2.39. The van der Waals surface area contributed by atoms with Gasteiger partial charge in [-0.25, -0.2) is 0 Å². The maximum absolute atomic E-state index is 12.6. The molecule has 1 aromatic heterocycles. The second-order valence-electron chi connectivity index (χ2n) is 6.17. The molecule has 2 amide bonds. The lowest BCUT2D eigenvalue weighted by atomic mass is 10.0. The second kappa shape index (κ2) is 8.58. The molecule has 5 nitrogen and oxygen atoms in total. The van der Waals surface area contributed by atoms with Gasteiger partial charge in [-0.3, -0.25) is 9.59 Å². The average Bonchev–Trinajstić information content (AvgIpc) is 3.00. The largest absolute Gasteiger partial charge is 0.481 e. The number of thiophene rings is 1. The molecule has 2 aromatic carbocycles. The monoisotopic (exact) mass is 458 g/mol.